The lowest BCUT2D eigenvalue weighted by Crippen LogP contribution is -2.34. The highest BCUT2D eigenvalue weighted by Crippen LogP contribution is 2.37. The highest BCUT2D eigenvalue weighted by atomic mass is 35.5. The number of carbonyl (C=O) groups excluding carboxylic acids is 1. The number of carbonyl (C=O) groups is 1. The molecule has 8 heteroatoms. The van der Waals surface area contributed by atoms with Gasteiger partial charge in [0.15, 0.2) is 10.8 Å². The summed E-state index contributed by atoms with van der Waals surface area (Å²) in [7, 11) is 0. The van der Waals surface area contributed by atoms with Crippen molar-refractivity contribution >= 4 is 42.1 Å². The van der Waals surface area contributed by atoms with E-state index in [-0.39, 0.29) is 36.1 Å². The standard InChI is InChI=1S/C20H21N3O2S.2ClH/c1-20(12-21)9-10-23(13-20)19(24)17-16(14-6-3-2-4-7-14)22-18(26-17)15-8-5-11-25-15;;/h2-8,11H,9-10,12-13,21H2,1H3;2*1H. The monoisotopic (exact) mass is 439 g/mol. The Labute approximate surface area is 180 Å². The molecule has 0 bridgehead atoms. The molecule has 150 valence electrons. The van der Waals surface area contributed by atoms with E-state index in [0.29, 0.717) is 29.4 Å². The lowest BCUT2D eigenvalue weighted by Gasteiger charge is -2.22. The number of aromatic nitrogens is 1. The number of benzene rings is 1. The third kappa shape index (κ3) is 4.25. The van der Waals surface area contributed by atoms with Crippen LogP contribution < -0.4 is 5.73 Å². The van der Waals surface area contributed by atoms with Crippen LogP contribution in [0.25, 0.3) is 22.0 Å². The minimum Gasteiger partial charge on any atom is -0.462 e. The third-order valence-corrected chi connectivity index (χ3v) is 6.00. The molecule has 3 heterocycles. The largest absolute Gasteiger partial charge is 0.462 e. The summed E-state index contributed by atoms with van der Waals surface area (Å²) in [5, 5.41) is 0.720. The number of hydrogen-bond donors (Lipinski definition) is 1. The molecule has 0 saturated carbocycles. The molecule has 1 atom stereocenters. The fourth-order valence-corrected chi connectivity index (χ4v) is 4.29. The van der Waals surface area contributed by atoms with Crippen LogP contribution in [0.4, 0.5) is 0 Å². The number of halogens is 2. The van der Waals surface area contributed by atoms with Gasteiger partial charge in [-0.2, -0.15) is 0 Å². The topological polar surface area (TPSA) is 72.4 Å². The zero-order valence-electron chi connectivity index (χ0n) is 15.5. The minimum absolute atomic E-state index is 0. The number of likely N-dealkylation sites (tertiary alicyclic amines) is 1. The predicted octanol–water partition coefficient (Wildman–Crippen LogP) is 4.72. The molecule has 1 unspecified atom stereocenters. The van der Waals surface area contributed by atoms with Crippen LogP contribution in [0.3, 0.4) is 0 Å². The van der Waals surface area contributed by atoms with Gasteiger partial charge in [0, 0.05) is 18.7 Å². The van der Waals surface area contributed by atoms with Crippen molar-refractivity contribution < 1.29 is 9.21 Å². The lowest BCUT2D eigenvalue weighted by atomic mass is 9.90. The molecule has 1 fully saturated rings. The number of furan rings is 1. The zero-order chi connectivity index (χ0) is 18.1. The second kappa shape index (κ2) is 9.09. The Kier molecular flexibility index (Phi) is 7.28. The average molecular weight is 440 g/mol. The van der Waals surface area contributed by atoms with Gasteiger partial charge in [-0.3, -0.25) is 4.79 Å². The van der Waals surface area contributed by atoms with Crippen molar-refractivity contribution in [3.05, 3.63) is 53.6 Å². The van der Waals surface area contributed by atoms with Crippen molar-refractivity contribution in [3.63, 3.8) is 0 Å². The van der Waals surface area contributed by atoms with Crippen LogP contribution in [0.15, 0.2) is 53.1 Å². The average Bonchev–Trinajstić information content (AvgIpc) is 3.41. The summed E-state index contributed by atoms with van der Waals surface area (Å²) in [6.07, 6.45) is 2.55. The Bertz CT molecular complexity index is 915. The van der Waals surface area contributed by atoms with E-state index < -0.39 is 0 Å². The highest BCUT2D eigenvalue weighted by molar-refractivity contribution is 7.17. The van der Waals surface area contributed by atoms with Crippen molar-refractivity contribution in [2.75, 3.05) is 19.6 Å². The summed E-state index contributed by atoms with van der Waals surface area (Å²) >= 11 is 1.39. The molecule has 1 aliphatic rings. The Morgan fingerprint density at radius 1 is 1.25 bits per heavy atom. The number of amides is 1. The summed E-state index contributed by atoms with van der Waals surface area (Å²) in [6, 6.07) is 13.5. The molecule has 1 amide bonds. The van der Waals surface area contributed by atoms with Gasteiger partial charge in [-0.15, -0.1) is 36.2 Å². The van der Waals surface area contributed by atoms with Crippen LogP contribution >= 0.6 is 36.2 Å². The van der Waals surface area contributed by atoms with Gasteiger partial charge in [0.2, 0.25) is 0 Å². The van der Waals surface area contributed by atoms with Gasteiger partial charge >= 0.3 is 0 Å². The van der Waals surface area contributed by atoms with Crippen LogP contribution in [-0.4, -0.2) is 35.4 Å². The van der Waals surface area contributed by atoms with E-state index in [1.54, 1.807) is 6.26 Å². The molecule has 1 saturated heterocycles. The summed E-state index contributed by atoms with van der Waals surface area (Å²) in [4.78, 5) is 20.5. The Morgan fingerprint density at radius 3 is 2.61 bits per heavy atom. The van der Waals surface area contributed by atoms with E-state index in [2.05, 4.69) is 6.92 Å². The van der Waals surface area contributed by atoms with E-state index in [1.165, 1.54) is 11.3 Å². The molecular formula is C20H23Cl2N3O2S. The van der Waals surface area contributed by atoms with Crippen LogP contribution in [0.2, 0.25) is 0 Å². The van der Waals surface area contributed by atoms with Gasteiger partial charge in [-0.25, -0.2) is 4.98 Å². The Balaban J connectivity index is 0.00000140. The Morgan fingerprint density at radius 2 is 2.00 bits per heavy atom. The van der Waals surface area contributed by atoms with Gasteiger partial charge < -0.3 is 15.1 Å². The van der Waals surface area contributed by atoms with Gasteiger partial charge in [0.25, 0.3) is 5.91 Å². The van der Waals surface area contributed by atoms with Crippen molar-refractivity contribution in [1.29, 1.82) is 0 Å². The fraction of sp³-hybridized carbons (Fsp3) is 0.300. The van der Waals surface area contributed by atoms with Gasteiger partial charge in [0.05, 0.1) is 12.0 Å². The lowest BCUT2D eigenvalue weighted by molar-refractivity contribution is 0.0782. The molecular weight excluding hydrogens is 417 g/mol. The van der Waals surface area contributed by atoms with Crippen LogP contribution in [-0.2, 0) is 0 Å². The summed E-state index contributed by atoms with van der Waals surface area (Å²) in [6.45, 7) is 4.14. The number of rotatable bonds is 4. The molecule has 0 spiro atoms. The smallest absolute Gasteiger partial charge is 0.266 e. The molecule has 0 radical (unpaired) electrons. The van der Waals surface area contributed by atoms with Crippen molar-refractivity contribution in [2.45, 2.75) is 13.3 Å². The van der Waals surface area contributed by atoms with Crippen molar-refractivity contribution in [1.82, 2.24) is 9.88 Å². The third-order valence-electron chi connectivity index (χ3n) is 4.94. The first kappa shape index (κ1) is 22.4. The summed E-state index contributed by atoms with van der Waals surface area (Å²) < 4.78 is 5.49. The summed E-state index contributed by atoms with van der Waals surface area (Å²) in [5.41, 5.74) is 7.55. The first-order chi connectivity index (χ1) is 12.6. The molecule has 4 rings (SSSR count). The number of thiazole rings is 1. The SMILES string of the molecule is CC1(CN)CCN(C(=O)c2sc(-c3ccco3)nc2-c2ccccc2)C1.Cl.Cl. The van der Waals surface area contributed by atoms with Crippen LogP contribution in [0.5, 0.6) is 0 Å². The van der Waals surface area contributed by atoms with Gasteiger partial charge in [-0.05, 0) is 30.5 Å². The van der Waals surface area contributed by atoms with E-state index in [4.69, 9.17) is 15.1 Å². The van der Waals surface area contributed by atoms with Crippen LogP contribution in [0, 0.1) is 5.41 Å². The normalized spacial score (nSPS) is 18.4. The quantitative estimate of drug-likeness (QED) is 0.637. The maximum absolute atomic E-state index is 13.3. The number of nitrogens with zero attached hydrogens (tertiary/aromatic N) is 2. The first-order valence-corrected chi connectivity index (χ1v) is 9.51. The van der Waals surface area contributed by atoms with Crippen molar-refractivity contribution in [3.8, 4) is 22.0 Å². The van der Waals surface area contributed by atoms with E-state index in [1.807, 2.05) is 47.4 Å². The maximum Gasteiger partial charge on any atom is 0.266 e. The van der Waals surface area contributed by atoms with Gasteiger partial charge in [-0.1, -0.05) is 37.3 Å². The zero-order valence-corrected chi connectivity index (χ0v) is 17.9. The minimum atomic E-state index is -0.00288. The molecule has 5 nitrogen and oxygen atoms in total. The van der Waals surface area contributed by atoms with Crippen molar-refractivity contribution in [2.24, 2.45) is 11.1 Å². The van der Waals surface area contributed by atoms with E-state index in [9.17, 15) is 4.79 Å². The second-order valence-electron chi connectivity index (χ2n) is 7.03. The number of nitrogens with two attached hydrogens (primary N) is 1. The maximum atomic E-state index is 13.3. The molecule has 1 aliphatic heterocycles. The molecule has 3 aromatic rings. The first-order valence-electron chi connectivity index (χ1n) is 8.69. The predicted molar refractivity (Wildman–Crippen MR) is 117 cm³/mol. The van der Waals surface area contributed by atoms with E-state index >= 15 is 0 Å². The Hall–Kier alpha value is -1.86. The molecule has 0 aliphatic carbocycles. The van der Waals surface area contributed by atoms with Gasteiger partial charge in [0.1, 0.15) is 4.88 Å². The highest BCUT2D eigenvalue weighted by Gasteiger charge is 2.36. The number of hydrogen-bond acceptors (Lipinski definition) is 5. The fourth-order valence-electron chi connectivity index (χ4n) is 3.27. The molecule has 1 aromatic carbocycles. The molecule has 2 aromatic heterocycles. The molecule has 2 N–H and O–H groups in total. The molecule has 28 heavy (non-hydrogen) atoms. The van der Waals surface area contributed by atoms with Crippen LogP contribution in [0.1, 0.15) is 23.0 Å². The summed E-state index contributed by atoms with van der Waals surface area (Å²) in [5.74, 6) is 0.704. The second-order valence-corrected chi connectivity index (χ2v) is 8.03. The van der Waals surface area contributed by atoms with E-state index in [0.717, 1.165) is 23.5 Å².